The molecule has 0 N–H and O–H groups in total. The zero-order valence-electron chi connectivity index (χ0n) is 14.1. The lowest BCUT2D eigenvalue weighted by Crippen LogP contribution is -2.61. The van der Waals surface area contributed by atoms with Crippen LogP contribution in [0.5, 0.6) is 0 Å². The molecule has 0 amide bonds. The van der Waals surface area contributed by atoms with Crippen molar-refractivity contribution in [2.45, 2.75) is 23.8 Å². The number of nitrogens with zero attached hydrogens (tertiary/aromatic N) is 3. The first-order valence-electron chi connectivity index (χ1n) is 9.25. The van der Waals surface area contributed by atoms with E-state index in [0.717, 1.165) is 12.0 Å². The SMILES string of the molecule is c1ccc(SCCN2CCN([C@H]3CN4CCC3CC4)CC2)cc1. The van der Waals surface area contributed by atoms with Crippen LogP contribution in [-0.2, 0) is 0 Å². The van der Waals surface area contributed by atoms with Gasteiger partial charge >= 0.3 is 0 Å². The summed E-state index contributed by atoms with van der Waals surface area (Å²) in [5.74, 6) is 2.20. The monoisotopic (exact) mass is 331 g/mol. The highest BCUT2D eigenvalue weighted by molar-refractivity contribution is 7.99. The van der Waals surface area contributed by atoms with Crippen LogP contribution in [0.2, 0.25) is 0 Å². The van der Waals surface area contributed by atoms with E-state index in [9.17, 15) is 0 Å². The van der Waals surface area contributed by atoms with E-state index in [1.165, 1.54) is 75.8 Å². The molecule has 5 rings (SSSR count). The fraction of sp³-hybridized carbons (Fsp3) is 0.684. The van der Waals surface area contributed by atoms with Crippen LogP contribution in [0.4, 0.5) is 0 Å². The standard InChI is InChI=1S/C19H29N3S/c1-2-4-18(5-3-1)23-15-14-20-10-12-22(13-11-20)19-16-21-8-6-17(19)7-9-21/h1-5,17,19H,6-16H2/t19-/m0/s1. The van der Waals surface area contributed by atoms with Gasteiger partial charge in [-0.1, -0.05) is 18.2 Å². The van der Waals surface area contributed by atoms with Crippen molar-refractivity contribution in [3.05, 3.63) is 30.3 Å². The minimum absolute atomic E-state index is 0.860. The van der Waals surface area contributed by atoms with E-state index in [2.05, 4.69) is 45.0 Å². The third kappa shape index (κ3) is 3.93. The predicted octanol–water partition coefficient (Wildman–Crippen LogP) is 2.49. The summed E-state index contributed by atoms with van der Waals surface area (Å²) in [5.41, 5.74) is 0. The van der Waals surface area contributed by atoms with E-state index in [0.29, 0.717) is 0 Å². The second kappa shape index (κ2) is 7.56. The average Bonchev–Trinajstić information content (AvgIpc) is 2.64. The molecule has 4 fully saturated rings. The Labute approximate surface area is 145 Å². The van der Waals surface area contributed by atoms with Crippen molar-refractivity contribution in [2.75, 3.05) is 58.1 Å². The molecule has 23 heavy (non-hydrogen) atoms. The lowest BCUT2D eigenvalue weighted by molar-refractivity contribution is -0.0143. The highest BCUT2D eigenvalue weighted by atomic mass is 32.2. The summed E-state index contributed by atoms with van der Waals surface area (Å²) >= 11 is 1.99. The Hall–Kier alpha value is -0.550. The van der Waals surface area contributed by atoms with Crippen molar-refractivity contribution in [1.82, 2.24) is 14.7 Å². The smallest absolute Gasteiger partial charge is 0.0253 e. The second-order valence-electron chi connectivity index (χ2n) is 7.24. The molecule has 4 heteroatoms. The first-order valence-corrected chi connectivity index (χ1v) is 10.2. The summed E-state index contributed by atoms with van der Waals surface area (Å²) in [5, 5.41) is 0. The third-order valence-electron chi connectivity index (χ3n) is 5.92. The van der Waals surface area contributed by atoms with E-state index in [1.54, 1.807) is 0 Å². The van der Waals surface area contributed by atoms with Gasteiger partial charge in [0.2, 0.25) is 0 Å². The van der Waals surface area contributed by atoms with E-state index in [4.69, 9.17) is 0 Å². The maximum Gasteiger partial charge on any atom is 0.0253 e. The number of fused-ring (bicyclic) bond motifs is 3. The Morgan fingerprint density at radius 2 is 1.65 bits per heavy atom. The highest BCUT2D eigenvalue weighted by Gasteiger charge is 2.38. The lowest BCUT2D eigenvalue weighted by Gasteiger charge is -2.51. The van der Waals surface area contributed by atoms with Gasteiger partial charge < -0.3 is 4.90 Å². The minimum Gasteiger partial charge on any atom is -0.302 e. The van der Waals surface area contributed by atoms with E-state index >= 15 is 0 Å². The zero-order valence-corrected chi connectivity index (χ0v) is 14.9. The minimum atomic E-state index is 0.860. The van der Waals surface area contributed by atoms with Crippen LogP contribution < -0.4 is 0 Å². The zero-order chi connectivity index (χ0) is 15.5. The first kappa shape index (κ1) is 15.9. The molecule has 2 bridgehead atoms. The Bertz CT molecular complexity index is 479. The molecule has 0 aromatic heterocycles. The normalized spacial score (nSPS) is 32.3. The van der Waals surface area contributed by atoms with E-state index in [1.807, 2.05) is 11.8 Å². The molecule has 0 spiro atoms. The van der Waals surface area contributed by atoms with Crippen molar-refractivity contribution < 1.29 is 0 Å². The summed E-state index contributed by atoms with van der Waals surface area (Å²) in [6.45, 7) is 10.4. The fourth-order valence-corrected chi connectivity index (χ4v) is 5.41. The Kier molecular flexibility index (Phi) is 5.24. The van der Waals surface area contributed by atoms with Crippen molar-refractivity contribution >= 4 is 11.8 Å². The van der Waals surface area contributed by atoms with Gasteiger partial charge in [-0.3, -0.25) is 9.80 Å². The maximum atomic E-state index is 2.80. The molecule has 0 radical (unpaired) electrons. The molecule has 4 saturated heterocycles. The molecule has 1 aromatic carbocycles. The molecule has 1 aromatic rings. The van der Waals surface area contributed by atoms with Crippen LogP contribution in [0.1, 0.15) is 12.8 Å². The van der Waals surface area contributed by atoms with Gasteiger partial charge in [0.15, 0.2) is 0 Å². The van der Waals surface area contributed by atoms with E-state index in [-0.39, 0.29) is 0 Å². The Morgan fingerprint density at radius 3 is 2.30 bits per heavy atom. The van der Waals surface area contributed by atoms with Crippen LogP contribution in [-0.4, -0.2) is 78.9 Å². The van der Waals surface area contributed by atoms with Crippen LogP contribution >= 0.6 is 11.8 Å². The number of hydrogen-bond donors (Lipinski definition) is 0. The third-order valence-corrected chi connectivity index (χ3v) is 6.91. The Balaban J connectivity index is 1.19. The summed E-state index contributed by atoms with van der Waals surface area (Å²) in [6.07, 6.45) is 2.89. The van der Waals surface area contributed by atoms with Gasteiger partial charge in [-0.25, -0.2) is 0 Å². The van der Waals surface area contributed by atoms with Crippen LogP contribution in [0.25, 0.3) is 0 Å². The topological polar surface area (TPSA) is 9.72 Å². The van der Waals surface area contributed by atoms with Gasteiger partial charge in [0.05, 0.1) is 0 Å². The van der Waals surface area contributed by atoms with E-state index < -0.39 is 0 Å². The predicted molar refractivity (Wildman–Crippen MR) is 98.1 cm³/mol. The number of piperidine rings is 3. The summed E-state index contributed by atoms with van der Waals surface area (Å²) in [4.78, 5) is 9.55. The highest BCUT2D eigenvalue weighted by Crippen LogP contribution is 2.31. The summed E-state index contributed by atoms with van der Waals surface area (Å²) in [7, 11) is 0. The molecule has 4 aliphatic rings. The fourth-order valence-electron chi connectivity index (χ4n) is 4.48. The van der Waals surface area contributed by atoms with Crippen molar-refractivity contribution in [3.8, 4) is 0 Å². The molecule has 126 valence electrons. The van der Waals surface area contributed by atoms with Gasteiger partial charge in [-0.15, -0.1) is 11.8 Å². The molecule has 0 unspecified atom stereocenters. The summed E-state index contributed by atoms with van der Waals surface area (Å²) < 4.78 is 0. The quantitative estimate of drug-likeness (QED) is 0.767. The molecule has 4 heterocycles. The number of benzene rings is 1. The molecule has 4 aliphatic heterocycles. The summed E-state index contributed by atoms with van der Waals surface area (Å²) in [6, 6.07) is 11.7. The molecular formula is C19H29N3S. The molecule has 3 nitrogen and oxygen atoms in total. The average molecular weight is 332 g/mol. The van der Waals surface area contributed by atoms with Crippen molar-refractivity contribution in [3.63, 3.8) is 0 Å². The van der Waals surface area contributed by atoms with Gasteiger partial charge in [-0.2, -0.15) is 0 Å². The van der Waals surface area contributed by atoms with Gasteiger partial charge in [-0.05, 0) is 44.0 Å². The number of piperazine rings is 1. The van der Waals surface area contributed by atoms with Crippen LogP contribution in [0.15, 0.2) is 35.2 Å². The largest absolute Gasteiger partial charge is 0.302 e. The van der Waals surface area contributed by atoms with Crippen molar-refractivity contribution in [2.24, 2.45) is 5.92 Å². The molecule has 0 saturated carbocycles. The van der Waals surface area contributed by atoms with Crippen LogP contribution in [0.3, 0.4) is 0 Å². The maximum absolute atomic E-state index is 2.80. The number of hydrogen-bond acceptors (Lipinski definition) is 4. The molecule has 1 atom stereocenters. The van der Waals surface area contributed by atoms with Crippen molar-refractivity contribution in [1.29, 1.82) is 0 Å². The second-order valence-corrected chi connectivity index (χ2v) is 8.41. The number of rotatable bonds is 5. The lowest BCUT2D eigenvalue weighted by atomic mass is 9.83. The van der Waals surface area contributed by atoms with Gasteiger partial charge in [0.25, 0.3) is 0 Å². The molecule has 0 aliphatic carbocycles. The molecular weight excluding hydrogens is 302 g/mol. The Morgan fingerprint density at radius 1 is 0.913 bits per heavy atom. The van der Waals surface area contributed by atoms with Gasteiger partial charge in [0, 0.05) is 56.0 Å². The first-order chi connectivity index (χ1) is 11.4. The van der Waals surface area contributed by atoms with Crippen LogP contribution in [0, 0.1) is 5.92 Å². The number of thioether (sulfide) groups is 1. The van der Waals surface area contributed by atoms with Gasteiger partial charge in [0.1, 0.15) is 0 Å².